The quantitative estimate of drug-likeness (QED) is 0.771. The molecule has 0 saturated carbocycles. The zero-order valence-electron chi connectivity index (χ0n) is 14.4. The SMILES string of the molecule is CC(N=C1NS(=O)(=O)c2ccccc21)C(=O)NCCc1ccc(Cl)cc1Cl. The van der Waals surface area contributed by atoms with Gasteiger partial charge in [-0.15, -0.1) is 0 Å². The summed E-state index contributed by atoms with van der Waals surface area (Å²) in [5.41, 5.74) is 1.34. The van der Waals surface area contributed by atoms with Crippen molar-refractivity contribution in [3.8, 4) is 0 Å². The zero-order chi connectivity index (χ0) is 19.6. The zero-order valence-corrected chi connectivity index (χ0v) is 16.7. The minimum atomic E-state index is -3.63. The Kier molecular flexibility index (Phi) is 5.74. The molecule has 142 valence electrons. The molecule has 0 fully saturated rings. The van der Waals surface area contributed by atoms with Crippen molar-refractivity contribution in [2.75, 3.05) is 6.54 Å². The third-order valence-corrected chi connectivity index (χ3v) is 6.06. The predicted octanol–water partition coefficient (Wildman–Crippen LogP) is 2.78. The third kappa shape index (κ3) is 4.43. The first-order valence-electron chi connectivity index (χ1n) is 8.19. The highest BCUT2D eigenvalue weighted by Gasteiger charge is 2.31. The fourth-order valence-corrected chi connectivity index (χ4v) is 4.42. The van der Waals surface area contributed by atoms with E-state index in [2.05, 4.69) is 15.0 Å². The van der Waals surface area contributed by atoms with Crippen molar-refractivity contribution in [3.63, 3.8) is 0 Å². The minimum Gasteiger partial charge on any atom is -0.354 e. The van der Waals surface area contributed by atoms with E-state index in [0.29, 0.717) is 28.6 Å². The molecular formula is C18H17Cl2N3O3S. The van der Waals surface area contributed by atoms with Gasteiger partial charge in [0.25, 0.3) is 10.0 Å². The lowest BCUT2D eigenvalue weighted by atomic mass is 10.1. The van der Waals surface area contributed by atoms with Gasteiger partial charge in [-0.1, -0.05) is 41.4 Å². The predicted molar refractivity (Wildman–Crippen MR) is 106 cm³/mol. The molecule has 0 spiro atoms. The fourth-order valence-electron chi connectivity index (χ4n) is 2.67. The second-order valence-corrected chi connectivity index (χ2v) is 8.53. The van der Waals surface area contributed by atoms with E-state index in [0.717, 1.165) is 5.56 Å². The van der Waals surface area contributed by atoms with E-state index in [1.807, 2.05) is 6.07 Å². The number of rotatable bonds is 5. The molecule has 9 heteroatoms. The molecule has 2 aromatic carbocycles. The van der Waals surface area contributed by atoms with Crippen LogP contribution in [0.5, 0.6) is 0 Å². The maximum Gasteiger partial charge on any atom is 0.263 e. The van der Waals surface area contributed by atoms with Crippen molar-refractivity contribution >= 4 is 45.0 Å². The minimum absolute atomic E-state index is 0.161. The topological polar surface area (TPSA) is 87.6 Å². The Morgan fingerprint density at radius 1 is 1.22 bits per heavy atom. The average Bonchev–Trinajstić information content (AvgIpc) is 2.87. The number of aliphatic imine (C=N–C) groups is 1. The lowest BCUT2D eigenvalue weighted by molar-refractivity contribution is -0.121. The van der Waals surface area contributed by atoms with Gasteiger partial charge < -0.3 is 5.32 Å². The summed E-state index contributed by atoms with van der Waals surface area (Å²) in [6.07, 6.45) is 0.542. The average molecular weight is 426 g/mol. The molecule has 3 rings (SSSR count). The largest absolute Gasteiger partial charge is 0.354 e. The van der Waals surface area contributed by atoms with Gasteiger partial charge in [0.1, 0.15) is 11.9 Å². The van der Waals surface area contributed by atoms with Crippen LogP contribution in [-0.4, -0.2) is 32.7 Å². The summed E-state index contributed by atoms with van der Waals surface area (Å²) in [4.78, 5) is 16.7. The first-order valence-corrected chi connectivity index (χ1v) is 10.4. The maximum atomic E-state index is 12.3. The van der Waals surface area contributed by atoms with Crippen LogP contribution in [0.25, 0.3) is 0 Å². The van der Waals surface area contributed by atoms with Crippen molar-refractivity contribution < 1.29 is 13.2 Å². The van der Waals surface area contributed by atoms with E-state index in [4.69, 9.17) is 23.2 Å². The van der Waals surface area contributed by atoms with E-state index in [1.165, 1.54) is 6.07 Å². The van der Waals surface area contributed by atoms with Gasteiger partial charge in [0.2, 0.25) is 5.91 Å². The second-order valence-electron chi connectivity index (χ2n) is 6.03. The Hall–Kier alpha value is -2.09. The van der Waals surface area contributed by atoms with Crippen LogP contribution >= 0.6 is 23.2 Å². The first-order chi connectivity index (χ1) is 12.8. The van der Waals surface area contributed by atoms with Gasteiger partial charge >= 0.3 is 0 Å². The molecule has 2 N–H and O–H groups in total. The maximum absolute atomic E-state index is 12.3. The highest BCUT2D eigenvalue weighted by molar-refractivity contribution is 7.90. The highest BCUT2D eigenvalue weighted by atomic mass is 35.5. The normalized spacial score (nSPS) is 17.2. The molecular weight excluding hydrogens is 409 g/mol. The number of fused-ring (bicyclic) bond motifs is 1. The summed E-state index contributed by atoms with van der Waals surface area (Å²) < 4.78 is 26.6. The Morgan fingerprint density at radius 3 is 2.70 bits per heavy atom. The van der Waals surface area contributed by atoms with E-state index in [1.54, 1.807) is 37.3 Å². The number of sulfonamides is 1. The standard InChI is InChI=1S/C18H17Cl2N3O3S/c1-11(18(24)21-9-8-12-6-7-13(19)10-15(12)20)22-17-14-4-2-3-5-16(14)27(25,26)23-17/h2-7,10-11H,8-9H2,1H3,(H,21,24)(H,22,23). The van der Waals surface area contributed by atoms with Crippen LogP contribution in [0.1, 0.15) is 18.1 Å². The van der Waals surface area contributed by atoms with Crippen LogP contribution in [0, 0.1) is 0 Å². The number of benzene rings is 2. The van der Waals surface area contributed by atoms with Crippen molar-refractivity contribution in [3.05, 3.63) is 63.6 Å². The molecule has 0 aromatic heterocycles. The first kappa shape index (κ1) is 19.7. The second kappa shape index (κ2) is 7.88. The van der Waals surface area contributed by atoms with Crippen LogP contribution in [0.3, 0.4) is 0 Å². The molecule has 6 nitrogen and oxygen atoms in total. The molecule has 1 aliphatic rings. The Morgan fingerprint density at radius 2 is 1.96 bits per heavy atom. The van der Waals surface area contributed by atoms with Gasteiger partial charge in [-0.2, -0.15) is 0 Å². The van der Waals surface area contributed by atoms with Crippen LogP contribution in [0.2, 0.25) is 10.0 Å². The van der Waals surface area contributed by atoms with Crippen LogP contribution in [0.15, 0.2) is 52.4 Å². The number of carbonyl (C=O) groups excluding carboxylic acids is 1. The molecule has 1 amide bonds. The van der Waals surface area contributed by atoms with E-state index in [-0.39, 0.29) is 16.6 Å². The monoisotopic (exact) mass is 425 g/mol. The molecule has 1 heterocycles. The number of nitrogens with zero attached hydrogens (tertiary/aromatic N) is 1. The third-order valence-electron chi connectivity index (χ3n) is 4.07. The lowest BCUT2D eigenvalue weighted by Crippen LogP contribution is -2.35. The number of carbonyl (C=O) groups is 1. The molecule has 0 bridgehead atoms. The lowest BCUT2D eigenvalue weighted by Gasteiger charge is -2.10. The summed E-state index contributed by atoms with van der Waals surface area (Å²) >= 11 is 12.0. The van der Waals surface area contributed by atoms with E-state index in [9.17, 15) is 13.2 Å². The van der Waals surface area contributed by atoms with Crippen LogP contribution in [-0.2, 0) is 21.2 Å². The molecule has 2 aromatic rings. The number of halogens is 2. The fraction of sp³-hybridized carbons (Fsp3) is 0.222. The van der Waals surface area contributed by atoms with Gasteiger partial charge in [0.05, 0.1) is 4.90 Å². The summed E-state index contributed by atoms with van der Waals surface area (Å²) in [5.74, 6) is -0.134. The van der Waals surface area contributed by atoms with Gasteiger partial charge in [0, 0.05) is 22.2 Å². The van der Waals surface area contributed by atoms with Crippen molar-refractivity contribution in [2.45, 2.75) is 24.3 Å². The Labute approximate surface area is 167 Å². The molecule has 1 aliphatic heterocycles. The van der Waals surface area contributed by atoms with E-state index >= 15 is 0 Å². The Balaban J connectivity index is 1.64. The molecule has 27 heavy (non-hydrogen) atoms. The summed E-state index contributed by atoms with van der Waals surface area (Å²) in [5, 5.41) is 3.87. The molecule has 1 unspecified atom stereocenters. The van der Waals surface area contributed by atoms with E-state index < -0.39 is 16.1 Å². The van der Waals surface area contributed by atoms with Crippen molar-refractivity contribution in [1.29, 1.82) is 0 Å². The summed E-state index contributed by atoms with van der Waals surface area (Å²) in [6.45, 7) is 1.98. The smallest absolute Gasteiger partial charge is 0.263 e. The molecule has 0 radical (unpaired) electrons. The molecule has 0 aliphatic carbocycles. The molecule has 0 saturated heterocycles. The van der Waals surface area contributed by atoms with Crippen molar-refractivity contribution in [1.82, 2.24) is 10.0 Å². The van der Waals surface area contributed by atoms with Crippen LogP contribution < -0.4 is 10.0 Å². The van der Waals surface area contributed by atoms with Crippen molar-refractivity contribution in [2.24, 2.45) is 4.99 Å². The summed E-state index contributed by atoms with van der Waals surface area (Å²) in [7, 11) is -3.63. The number of hydrogen-bond donors (Lipinski definition) is 2. The van der Waals surface area contributed by atoms with Gasteiger partial charge in [-0.05, 0) is 43.2 Å². The number of amides is 1. The number of amidine groups is 1. The van der Waals surface area contributed by atoms with Gasteiger partial charge in [-0.3, -0.25) is 14.5 Å². The molecule has 1 atom stereocenters. The number of nitrogens with one attached hydrogen (secondary N) is 2. The summed E-state index contributed by atoms with van der Waals surface area (Å²) in [6, 6.07) is 11.0. The number of hydrogen-bond acceptors (Lipinski definition) is 4. The highest BCUT2D eigenvalue weighted by Crippen LogP contribution is 2.23. The van der Waals surface area contributed by atoms with Gasteiger partial charge in [0.15, 0.2) is 0 Å². The Bertz CT molecular complexity index is 1020. The van der Waals surface area contributed by atoms with Crippen LogP contribution in [0.4, 0.5) is 0 Å². The van der Waals surface area contributed by atoms with Gasteiger partial charge in [-0.25, -0.2) is 8.42 Å².